The molecule has 0 radical (unpaired) electrons. The van der Waals surface area contributed by atoms with Gasteiger partial charge in [0.15, 0.2) is 0 Å². The van der Waals surface area contributed by atoms with Crippen molar-refractivity contribution >= 4 is 0 Å². The van der Waals surface area contributed by atoms with Gasteiger partial charge >= 0.3 is 0 Å². The van der Waals surface area contributed by atoms with Crippen molar-refractivity contribution in [3.63, 3.8) is 0 Å². The maximum atomic E-state index is 5.38. The molecule has 0 aliphatic carbocycles. The summed E-state index contributed by atoms with van der Waals surface area (Å²) in [5.41, 5.74) is 1.94. The summed E-state index contributed by atoms with van der Waals surface area (Å²) in [6, 6.07) is 11.7. The molecule has 0 saturated heterocycles. The number of benzene rings is 1. The molecule has 0 fully saturated rings. The lowest BCUT2D eigenvalue weighted by Gasteiger charge is -1.99. The Labute approximate surface area is 104 Å². The number of aryl methyl sites for hydroxylation is 1. The molecule has 90 valence electrons. The fourth-order valence-electron chi connectivity index (χ4n) is 1.75. The second kappa shape index (κ2) is 4.44. The van der Waals surface area contributed by atoms with Crippen LogP contribution >= 0.6 is 0 Å². The largest absolute Gasteiger partial charge is 0.464 e. The lowest BCUT2D eigenvalue weighted by atomic mass is 10.1. The minimum atomic E-state index is 0.630. The van der Waals surface area contributed by atoms with Gasteiger partial charge in [-0.2, -0.15) is 4.80 Å². The van der Waals surface area contributed by atoms with Crippen LogP contribution < -0.4 is 0 Å². The molecule has 5 heteroatoms. The molecular formula is C13H12N4O. The third-order valence-corrected chi connectivity index (χ3v) is 2.66. The van der Waals surface area contributed by atoms with Crippen LogP contribution in [0.1, 0.15) is 6.92 Å². The molecule has 3 aromatic rings. The molecule has 0 aliphatic heterocycles. The SMILES string of the molecule is CCn1nnc(-c2cccc(-c3ccco3)c2)n1. The Kier molecular flexibility index (Phi) is 2.64. The van der Waals surface area contributed by atoms with Gasteiger partial charge in [0.2, 0.25) is 5.82 Å². The van der Waals surface area contributed by atoms with E-state index in [1.807, 2.05) is 43.3 Å². The standard InChI is InChI=1S/C13H12N4O/c1-2-17-15-13(14-16-17)11-6-3-5-10(9-11)12-7-4-8-18-12/h3-9H,2H2,1H3. The second-order valence-electron chi connectivity index (χ2n) is 3.86. The molecule has 0 unspecified atom stereocenters. The highest BCUT2D eigenvalue weighted by atomic mass is 16.3. The fourth-order valence-corrected chi connectivity index (χ4v) is 1.75. The van der Waals surface area contributed by atoms with Crippen molar-refractivity contribution in [1.29, 1.82) is 0 Å². The van der Waals surface area contributed by atoms with Crippen molar-refractivity contribution < 1.29 is 4.42 Å². The molecule has 0 saturated carbocycles. The predicted molar refractivity (Wildman–Crippen MR) is 66.6 cm³/mol. The molecule has 0 amide bonds. The van der Waals surface area contributed by atoms with E-state index in [1.54, 1.807) is 11.1 Å². The highest BCUT2D eigenvalue weighted by molar-refractivity contribution is 5.66. The second-order valence-corrected chi connectivity index (χ2v) is 3.86. The van der Waals surface area contributed by atoms with Gasteiger partial charge in [-0.15, -0.1) is 10.2 Å². The minimum absolute atomic E-state index is 0.630. The van der Waals surface area contributed by atoms with Crippen LogP contribution in [0.3, 0.4) is 0 Å². The highest BCUT2D eigenvalue weighted by Gasteiger charge is 2.07. The molecule has 0 aliphatic rings. The Hall–Kier alpha value is -2.43. The van der Waals surface area contributed by atoms with E-state index in [-0.39, 0.29) is 0 Å². The van der Waals surface area contributed by atoms with E-state index >= 15 is 0 Å². The summed E-state index contributed by atoms with van der Waals surface area (Å²) in [6.07, 6.45) is 1.66. The van der Waals surface area contributed by atoms with Crippen molar-refractivity contribution in [2.45, 2.75) is 13.5 Å². The summed E-state index contributed by atoms with van der Waals surface area (Å²) < 4.78 is 5.38. The summed E-state index contributed by atoms with van der Waals surface area (Å²) >= 11 is 0. The van der Waals surface area contributed by atoms with Crippen LogP contribution in [-0.2, 0) is 6.54 Å². The first kappa shape index (κ1) is 10.7. The predicted octanol–water partition coefficient (Wildman–Crippen LogP) is 2.62. The lowest BCUT2D eigenvalue weighted by Crippen LogP contribution is -1.98. The van der Waals surface area contributed by atoms with Crippen LogP contribution in [0.5, 0.6) is 0 Å². The number of tetrazole rings is 1. The zero-order valence-electron chi connectivity index (χ0n) is 9.95. The fraction of sp³-hybridized carbons (Fsp3) is 0.154. The Morgan fingerprint density at radius 3 is 2.78 bits per heavy atom. The first-order valence-corrected chi connectivity index (χ1v) is 5.79. The van der Waals surface area contributed by atoms with E-state index in [1.165, 1.54) is 0 Å². The number of hydrogen-bond acceptors (Lipinski definition) is 4. The van der Waals surface area contributed by atoms with Crippen LogP contribution in [0.15, 0.2) is 47.1 Å². The summed E-state index contributed by atoms with van der Waals surface area (Å²) in [4.78, 5) is 1.56. The van der Waals surface area contributed by atoms with E-state index < -0.39 is 0 Å². The third-order valence-electron chi connectivity index (χ3n) is 2.66. The average molecular weight is 240 g/mol. The van der Waals surface area contributed by atoms with Crippen molar-refractivity contribution in [2.75, 3.05) is 0 Å². The topological polar surface area (TPSA) is 56.7 Å². The molecule has 2 heterocycles. The van der Waals surface area contributed by atoms with Crippen LogP contribution in [0.2, 0.25) is 0 Å². The monoisotopic (exact) mass is 240 g/mol. The Balaban J connectivity index is 2.00. The summed E-state index contributed by atoms with van der Waals surface area (Å²) in [6.45, 7) is 2.69. The van der Waals surface area contributed by atoms with Gasteiger partial charge in [-0.05, 0) is 30.3 Å². The molecule has 3 rings (SSSR count). The maximum Gasteiger partial charge on any atom is 0.204 e. The molecule has 0 spiro atoms. The zero-order chi connectivity index (χ0) is 12.4. The number of nitrogens with zero attached hydrogens (tertiary/aromatic N) is 4. The molecule has 0 N–H and O–H groups in total. The Morgan fingerprint density at radius 1 is 1.17 bits per heavy atom. The molecular weight excluding hydrogens is 228 g/mol. The molecule has 1 aromatic carbocycles. The molecule has 2 aromatic heterocycles. The summed E-state index contributed by atoms with van der Waals surface area (Å²) in [5, 5.41) is 12.3. The highest BCUT2D eigenvalue weighted by Crippen LogP contribution is 2.24. The number of rotatable bonds is 3. The first-order valence-electron chi connectivity index (χ1n) is 5.79. The van der Waals surface area contributed by atoms with Gasteiger partial charge in [0.1, 0.15) is 5.76 Å². The van der Waals surface area contributed by atoms with E-state index in [0.717, 1.165) is 16.9 Å². The van der Waals surface area contributed by atoms with E-state index in [2.05, 4.69) is 15.4 Å². The number of hydrogen-bond donors (Lipinski definition) is 0. The van der Waals surface area contributed by atoms with Crippen molar-refractivity contribution in [1.82, 2.24) is 20.2 Å². The van der Waals surface area contributed by atoms with Gasteiger partial charge < -0.3 is 4.42 Å². The lowest BCUT2D eigenvalue weighted by molar-refractivity contribution is 0.553. The molecule has 5 nitrogen and oxygen atoms in total. The van der Waals surface area contributed by atoms with Gasteiger partial charge in [0.05, 0.1) is 12.8 Å². The van der Waals surface area contributed by atoms with Crippen LogP contribution in [0.25, 0.3) is 22.7 Å². The summed E-state index contributed by atoms with van der Waals surface area (Å²) in [5.74, 6) is 1.46. The van der Waals surface area contributed by atoms with Gasteiger partial charge in [-0.1, -0.05) is 18.2 Å². The first-order chi connectivity index (χ1) is 8.86. The quantitative estimate of drug-likeness (QED) is 0.706. The molecule has 0 bridgehead atoms. The van der Waals surface area contributed by atoms with Gasteiger partial charge in [-0.3, -0.25) is 0 Å². The number of furan rings is 1. The van der Waals surface area contributed by atoms with E-state index in [9.17, 15) is 0 Å². The van der Waals surface area contributed by atoms with E-state index in [4.69, 9.17) is 4.42 Å². The van der Waals surface area contributed by atoms with Crippen LogP contribution in [-0.4, -0.2) is 20.2 Å². The normalized spacial score (nSPS) is 10.7. The van der Waals surface area contributed by atoms with Gasteiger partial charge in [-0.25, -0.2) is 0 Å². The van der Waals surface area contributed by atoms with E-state index in [0.29, 0.717) is 12.4 Å². The Bertz CT molecular complexity index is 643. The minimum Gasteiger partial charge on any atom is -0.464 e. The van der Waals surface area contributed by atoms with Gasteiger partial charge in [0, 0.05) is 11.1 Å². The van der Waals surface area contributed by atoms with Gasteiger partial charge in [0.25, 0.3) is 0 Å². The van der Waals surface area contributed by atoms with Crippen LogP contribution in [0, 0.1) is 0 Å². The zero-order valence-corrected chi connectivity index (χ0v) is 9.95. The van der Waals surface area contributed by atoms with Crippen molar-refractivity contribution in [2.24, 2.45) is 0 Å². The van der Waals surface area contributed by atoms with Crippen molar-refractivity contribution in [3.05, 3.63) is 42.7 Å². The van der Waals surface area contributed by atoms with Crippen molar-refractivity contribution in [3.8, 4) is 22.7 Å². The number of aromatic nitrogens is 4. The maximum absolute atomic E-state index is 5.38. The molecule has 18 heavy (non-hydrogen) atoms. The average Bonchev–Trinajstić information content (AvgIpc) is 3.10. The summed E-state index contributed by atoms with van der Waals surface area (Å²) in [7, 11) is 0. The molecule has 0 atom stereocenters. The smallest absolute Gasteiger partial charge is 0.204 e. The third kappa shape index (κ3) is 1.90. The van der Waals surface area contributed by atoms with Crippen LogP contribution in [0.4, 0.5) is 0 Å². The Morgan fingerprint density at radius 2 is 2.06 bits per heavy atom.